The molecule has 0 aliphatic heterocycles. The summed E-state index contributed by atoms with van der Waals surface area (Å²) in [6, 6.07) is 16.7. The third-order valence-corrected chi connectivity index (χ3v) is 5.27. The fourth-order valence-corrected chi connectivity index (χ4v) is 3.68. The Morgan fingerprint density at radius 1 is 1.03 bits per heavy atom. The van der Waals surface area contributed by atoms with Crippen molar-refractivity contribution in [3.05, 3.63) is 101 Å². The summed E-state index contributed by atoms with van der Waals surface area (Å²) in [5.41, 5.74) is 5.42. The van der Waals surface area contributed by atoms with Crippen molar-refractivity contribution in [1.29, 1.82) is 0 Å². The van der Waals surface area contributed by atoms with Crippen LogP contribution in [0, 0.1) is 13.8 Å². The van der Waals surface area contributed by atoms with Crippen LogP contribution >= 0.6 is 0 Å². The normalized spacial score (nSPS) is 10.8. The second-order valence-electron chi connectivity index (χ2n) is 7.81. The number of esters is 1. The number of methoxy groups -OCH3 is 1. The number of carbonyl (C=O) groups excluding carboxylic acids is 2. The van der Waals surface area contributed by atoms with Crippen LogP contribution < -0.4 is 5.32 Å². The Balaban J connectivity index is 1.44. The molecule has 33 heavy (non-hydrogen) atoms. The molecular weight excluding hydrogens is 418 g/mol. The highest BCUT2D eigenvalue weighted by molar-refractivity contribution is 6.04. The molecule has 0 spiro atoms. The molecule has 0 bridgehead atoms. The van der Waals surface area contributed by atoms with Gasteiger partial charge in [0.2, 0.25) is 0 Å². The fourth-order valence-electron chi connectivity index (χ4n) is 3.68. The van der Waals surface area contributed by atoms with Crippen LogP contribution in [0.3, 0.4) is 0 Å². The first kappa shape index (κ1) is 22.0. The van der Waals surface area contributed by atoms with Gasteiger partial charge in [0.1, 0.15) is 0 Å². The van der Waals surface area contributed by atoms with E-state index in [2.05, 4.69) is 15.5 Å². The summed E-state index contributed by atoms with van der Waals surface area (Å²) in [5.74, 6) is -0.619. The highest BCUT2D eigenvalue weighted by atomic mass is 16.5. The van der Waals surface area contributed by atoms with Gasteiger partial charge in [0.15, 0.2) is 0 Å². The monoisotopic (exact) mass is 443 g/mol. The summed E-state index contributed by atoms with van der Waals surface area (Å²) in [6.45, 7) is 4.94. The summed E-state index contributed by atoms with van der Waals surface area (Å²) in [4.78, 5) is 24.8. The molecule has 1 N–H and O–H groups in total. The van der Waals surface area contributed by atoms with Crippen molar-refractivity contribution < 1.29 is 14.3 Å². The fraction of sp³-hybridized carbons (Fsp3) is 0.200. The van der Waals surface area contributed by atoms with Crippen molar-refractivity contribution in [2.24, 2.45) is 0 Å². The van der Waals surface area contributed by atoms with Gasteiger partial charge in [0, 0.05) is 17.5 Å². The Morgan fingerprint density at radius 2 is 1.85 bits per heavy atom. The zero-order valence-electron chi connectivity index (χ0n) is 18.8. The quantitative estimate of drug-likeness (QED) is 0.439. The van der Waals surface area contributed by atoms with E-state index >= 15 is 0 Å². The van der Waals surface area contributed by atoms with Crippen molar-refractivity contribution in [2.75, 3.05) is 12.4 Å². The van der Waals surface area contributed by atoms with E-state index < -0.39 is 5.97 Å². The Morgan fingerprint density at radius 3 is 2.61 bits per heavy atom. The van der Waals surface area contributed by atoms with E-state index in [-0.39, 0.29) is 5.91 Å². The molecule has 0 saturated heterocycles. The minimum Gasteiger partial charge on any atom is -0.465 e. The minimum absolute atomic E-state index is 0.222. The van der Waals surface area contributed by atoms with E-state index in [0.29, 0.717) is 29.9 Å². The van der Waals surface area contributed by atoms with Gasteiger partial charge in [-0.25, -0.2) is 4.79 Å². The van der Waals surface area contributed by atoms with Crippen LogP contribution in [-0.4, -0.2) is 38.5 Å². The second-order valence-corrected chi connectivity index (χ2v) is 7.81. The molecule has 0 saturated carbocycles. The molecule has 0 aliphatic carbocycles. The maximum atomic E-state index is 12.8. The summed E-state index contributed by atoms with van der Waals surface area (Å²) in [5, 5.41) is 11.7. The van der Waals surface area contributed by atoms with Gasteiger partial charge in [0.25, 0.3) is 5.91 Å². The van der Waals surface area contributed by atoms with Gasteiger partial charge in [-0.1, -0.05) is 30.3 Å². The summed E-state index contributed by atoms with van der Waals surface area (Å²) < 4.78 is 8.43. The van der Waals surface area contributed by atoms with E-state index in [1.807, 2.05) is 54.9 Å². The van der Waals surface area contributed by atoms with Gasteiger partial charge < -0.3 is 10.1 Å². The molecule has 168 valence electrons. The number of amides is 1. The maximum absolute atomic E-state index is 12.8. The molecule has 0 fully saturated rings. The van der Waals surface area contributed by atoms with Gasteiger partial charge >= 0.3 is 5.97 Å². The number of aromatic nitrogens is 4. The van der Waals surface area contributed by atoms with Gasteiger partial charge in [-0.3, -0.25) is 14.2 Å². The van der Waals surface area contributed by atoms with Gasteiger partial charge in [0.05, 0.1) is 43.3 Å². The SMILES string of the molecule is COC(=O)c1ccccc1Cn1cc(NC(=O)c2cccc(Cn3nc(C)cc3C)c2)cn1. The van der Waals surface area contributed by atoms with Gasteiger partial charge in [-0.2, -0.15) is 10.2 Å². The number of rotatable bonds is 7. The van der Waals surface area contributed by atoms with E-state index in [4.69, 9.17) is 4.74 Å². The van der Waals surface area contributed by atoms with Crippen LogP contribution in [0.4, 0.5) is 5.69 Å². The van der Waals surface area contributed by atoms with Crippen LogP contribution in [0.25, 0.3) is 0 Å². The number of ether oxygens (including phenoxy) is 1. The van der Waals surface area contributed by atoms with Crippen molar-refractivity contribution >= 4 is 17.6 Å². The third-order valence-electron chi connectivity index (χ3n) is 5.27. The highest BCUT2D eigenvalue weighted by Gasteiger charge is 2.13. The molecule has 1 amide bonds. The van der Waals surface area contributed by atoms with Crippen molar-refractivity contribution in [1.82, 2.24) is 19.6 Å². The van der Waals surface area contributed by atoms with Crippen LogP contribution in [0.5, 0.6) is 0 Å². The smallest absolute Gasteiger partial charge is 0.338 e. The molecular formula is C25H25N5O3. The number of hydrogen-bond acceptors (Lipinski definition) is 5. The molecule has 4 rings (SSSR count). The number of anilines is 1. The first-order valence-electron chi connectivity index (χ1n) is 10.5. The first-order chi connectivity index (χ1) is 15.9. The molecule has 8 heteroatoms. The average Bonchev–Trinajstić information content (AvgIpc) is 3.38. The predicted octanol–water partition coefficient (Wildman–Crippen LogP) is 3.83. The van der Waals surface area contributed by atoms with E-state index in [9.17, 15) is 9.59 Å². The van der Waals surface area contributed by atoms with Crippen molar-refractivity contribution in [3.8, 4) is 0 Å². The Hall–Kier alpha value is -4.20. The topological polar surface area (TPSA) is 91.0 Å². The standard InChI is InChI=1S/C25H25N5O3/c1-17-11-18(2)30(28-17)14-19-7-6-9-20(12-19)24(31)27-22-13-26-29(16-22)15-21-8-4-5-10-23(21)25(32)33-3/h4-13,16H,14-15H2,1-3H3,(H,27,31). The number of aryl methyl sites for hydroxylation is 2. The molecule has 4 aromatic rings. The lowest BCUT2D eigenvalue weighted by Crippen LogP contribution is -2.12. The van der Waals surface area contributed by atoms with Crippen LogP contribution in [0.15, 0.2) is 67.0 Å². The number of nitrogens with zero attached hydrogens (tertiary/aromatic N) is 4. The Labute approximate surface area is 191 Å². The Bertz CT molecular complexity index is 1300. The van der Waals surface area contributed by atoms with Crippen LogP contribution in [-0.2, 0) is 17.8 Å². The van der Waals surface area contributed by atoms with Crippen LogP contribution in [0.1, 0.15) is 43.2 Å². The summed E-state index contributed by atoms with van der Waals surface area (Å²) >= 11 is 0. The maximum Gasteiger partial charge on any atom is 0.338 e. The lowest BCUT2D eigenvalue weighted by atomic mass is 10.1. The molecule has 2 aromatic carbocycles. The van der Waals surface area contributed by atoms with Gasteiger partial charge in [-0.15, -0.1) is 0 Å². The lowest BCUT2D eigenvalue weighted by Gasteiger charge is -2.08. The molecule has 2 heterocycles. The third kappa shape index (κ3) is 5.17. The van der Waals surface area contributed by atoms with Crippen molar-refractivity contribution in [2.45, 2.75) is 26.9 Å². The van der Waals surface area contributed by atoms with Crippen molar-refractivity contribution in [3.63, 3.8) is 0 Å². The second kappa shape index (κ2) is 9.52. The summed E-state index contributed by atoms with van der Waals surface area (Å²) in [7, 11) is 1.35. The van der Waals surface area contributed by atoms with E-state index in [1.165, 1.54) is 7.11 Å². The molecule has 0 atom stereocenters. The average molecular weight is 444 g/mol. The number of benzene rings is 2. The number of carbonyl (C=O) groups is 2. The van der Waals surface area contributed by atoms with E-state index in [1.54, 1.807) is 35.3 Å². The summed E-state index contributed by atoms with van der Waals surface area (Å²) in [6.07, 6.45) is 3.31. The zero-order chi connectivity index (χ0) is 23.4. The number of nitrogens with one attached hydrogen (secondary N) is 1. The van der Waals surface area contributed by atoms with Crippen LogP contribution in [0.2, 0.25) is 0 Å². The highest BCUT2D eigenvalue weighted by Crippen LogP contribution is 2.15. The molecule has 0 aliphatic rings. The predicted molar refractivity (Wildman–Crippen MR) is 124 cm³/mol. The largest absolute Gasteiger partial charge is 0.465 e. The van der Waals surface area contributed by atoms with Gasteiger partial charge in [-0.05, 0) is 49.2 Å². The Kier molecular flexibility index (Phi) is 6.35. The lowest BCUT2D eigenvalue weighted by molar-refractivity contribution is 0.0599. The molecule has 0 radical (unpaired) electrons. The minimum atomic E-state index is -0.397. The zero-order valence-corrected chi connectivity index (χ0v) is 18.8. The van der Waals surface area contributed by atoms with E-state index in [0.717, 1.165) is 22.5 Å². The molecule has 8 nitrogen and oxygen atoms in total. The first-order valence-corrected chi connectivity index (χ1v) is 10.5. The molecule has 2 aromatic heterocycles. The number of hydrogen-bond donors (Lipinski definition) is 1. The molecule has 0 unspecified atom stereocenters.